The van der Waals surface area contributed by atoms with Crippen LogP contribution in [0.3, 0.4) is 0 Å². The summed E-state index contributed by atoms with van der Waals surface area (Å²) in [6, 6.07) is 6.55. The number of ether oxygens (including phenoxy) is 1. The summed E-state index contributed by atoms with van der Waals surface area (Å²) in [5.74, 6) is 1.87. The van der Waals surface area contributed by atoms with Crippen LogP contribution in [-0.4, -0.2) is 13.1 Å². The number of fused-ring (bicyclic) bond motifs is 3. The van der Waals surface area contributed by atoms with Gasteiger partial charge in [-0.2, -0.15) is 0 Å². The van der Waals surface area contributed by atoms with E-state index in [4.69, 9.17) is 51.1 Å². The van der Waals surface area contributed by atoms with Gasteiger partial charge in [-0.15, -0.1) is 0 Å². The fraction of sp³-hybridized carbons (Fsp3) is 0.444. The molecule has 0 saturated carbocycles. The number of nitrogens with zero attached hydrogens (tertiary/aromatic N) is 1. The minimum atomic E-state index is 0.282. The van der Waals surface area contributed by atoms with Gasteiger partial charge in [0, 0.05) is 51.8 Å². The number of unbranched alkanes of at least 4 members (excludes halogenated alkanes) is 3. The van der Waals surface area contributed by atoms with Gasteiger partial charge >= 0.3 is 0 Å². The summed E-state index contributed by atoms with van der Waals surface area (Å²) in [7, 11) is 0. The molecular weight excluding hydrogens is 604 g/mol. The Bertz CT molecular complexity index is 1660. The molecule has 0 saturated heterocycles. The van der Waals surface area contributed by atoms with Crippen molar-refractivity contribution in [3.05, 3.63) is 82.1 Å². The molecule has 6 rings (SSSR count). The second-order valence-electron chi connectivity index (χ2n) is 12.0. The fourth-order valence-electron chi connectivity index (χ4n) is 7.11. The molecule has 3 aromatic rings. The molecule has 0 amide bonds. The van der Waals surface area contributed by atoms with Gasteiger partial charge in [-0.3, -0.25) is 0 Å². The first-order chi connectivity index (χ1) is 20.3. The zero-order chi connectivity index (χ0) is 29.5. The van der Waals surface area contributed by atoms with E-state index < -0.39 is 0 Å². The maximum absolute atomic E-state index is 7.13. The van der Waals surface area contributed by atoms with Gasteiger partial charge in [0.15, 0.2) is 0 Å². The average molecular weight is 644 g/mol. The van der Waals surface area contributed by atoms with Gasteiger partial charge in [-0.1, -0.05) is 86.1 Å². The van der Waals surface area contributed by atoms with E-state index in [1.807, 2.05) is 6.07 Å². The van der Waals surface area contributed by atoms with Crippen LogP contribution in [0.1, 0.15) is 98.6 Å². The Morgan fingerprint density at radius 3 is 2.36 bits per heavy atom. The van der Waals surface area contributed by atoms with E-state index in [1.54, 1.807) is 0 Å². The van der Waals surface area contributed by atoms with Gasteiger partial charge in [-0.05, 0) is 92.3 Å². The highest BCUT2D eigenvalue weighted by Crippen LogP contribution is 2.50. The van der Waals surface area contributed by atoms with Crippen molar-refractivity contribution in [3.63, 3.8) is 0 Å². The molecule has 6 heteroatoms. The second kappa shape index (κ2) is 12.6. The van der Waals surface area contributed by atoms with Gasteiger partial charge in [0.25, 0.3) is 0 Å². The molecule has 0 aliphatic carbocycles. The summed E-state index contributed by atoms with van der Waals surface area (Å²) in [6.07, 6.45) is 13.1. The van der Waals surface area contributed by atoms with E-state index in [0.717, 1.165) is 103 Å². The molecule has 0 atom stereocenters. The molecule has 0 aromatic heterocycles. The number of benzene rings is 3. The molecule has 0 radical (unpaired) electrons. The van der Waals surface area contributed by atoms with Crippen LogP contribution in [0.4, 0.5) is 5.69 Å². The number of hydrogen-bond donors (Lipinski definition) is 0. The molecule has 0 bridgehead atoms. The normalized spacial score (nSPS) is 15.6. The molecule has 0 unspecified atom stereocenters. The minimum absolute atomic E-state index is 0.282. The molecule has 2 nitrogen and oxygen atoms in total. The van der Waals surface area contributed by atoms with Gasteiger partial charge in [0.1, 0.15) is 11.5 Å². The molecule has 222 valence electrons. The lowest BCUT2D eigenvalue weighted by atomic mass is 9.84. The topological polar surface area (TPSA) is 12.5 Å². The van der Waals surface area contributed by atoms with Crippen LogP contribution in [0.5, 0.6) is 11.5 Å². The number of anilines is 1. The SMILES string of the molecule is C=c1c(CCCCC)cc2c(c1CCCC)Oc1c(cc3c4c1CCCN4CCCC3)C=2c1cc(Cl)c(Cl)c(Cl)c1Cl. The first kappa shape index (κ1) is 30.2. The zero-order valence-electron chi connectivity index (χ0n) is 24.7. The lowest BCUT2D eigenvalue weighted by molar-refractivity contribution is 0.454. The third kappa shape index (κ3) is 5.25. The first-order valence-corrected chi connectivity index (χ1v) is 17.2. The zero-order valence-corrected chi connectivity index (χ0v) is 27.7. The minimum Gasteiger partial charge on any atom is -0.455 e. The molecule has 3 aromatic carbocycles. The van der Waals surface area contributed by atoms with Crippen molar-refractivity contribution in [2.75, 3.05) is 18.0 Å². The summed E-state index contributed by atoms with van der Waals surface area (Å²) in [4.78, 5) is 2.59. The van der Waals surface area contributed by atoms with Crippen LogP contribution in [-0.2, 0) is 25.7 Å². The van der Waals surface area contributed by atoms with Crippen molar-refractivity contribution in [2.24, 2.45) is 0 Å². The van der Waals surface area contributed by atoms with Crippen LogP contribution in [0.25, 0.3) is 12.2 Å². The summed E-state index contributed by atoms with van der Waals surface area (Å²) in [6.45, 7) is 11.3. The average Bonchev–Trinajstić information content (AvgIpc) is 3.20. The van der Waals surface area contributed by atoms with E-state index in [1.165, 1.54) is 53.6 Å². The highest BCUT2D eigenvalue weighted by atomic mass is 35.5. The summed E-state index contributed by atoms with van der Waals surface area (Å²) >= 11 is 26.9. The molecule has 0 N–H and O–H groups in total. The number of halogens is 4. The molecule has 42 heavy (non-hydrogen) atoms. The smallest absolute Gasteiger partial charge is 0.140 e. The largest absolute Gasteiger partial charge is 0.455 e. The maximum Gasteiger partial charge on any atom is 0.140 e. The highest BCUT2D eigenvalue weighted by Gasteiger charge is 2.33. The van der Waals surface area contributed by atoms with Crippen molar-refractivity contribution >= 4 is 64.2 Å². The van der Waals surface area contributed by atoms with Crippen LogP contribution in [0.15, 0.2) is 18.2 Å². The lowest BCUT2D eigenvalue weighted by Gasteiger charge is -2.35. The van der Waals surface area contributed by atoms with Crippen LogP contribution < -0.4 is 20.1 Å². The summed E-state index contributed by atoms with van der Waals surface area (Å²) in [5, 5.41) is 3.56. The van der Waals surface area contributed by atoms with Crippen molar-refractivity contribution in [2.45, 2.75) is 90.9 Å². The van der Waals surface area contributed by atoms with Crippen molar-refractivity contribution < 1.29 is 4.74 Å². The first-order valence-electron chi connectivity index (χ1n) is 15.7. The van der Waals surface area contributed by atoms with Crippen LogP contribution in [0, 0.1) is 0 Å². The Morgan fingerprint density at radius 2 is 1.57 bits per heavy atom. The Labute approximate surface area is 270 Å². The molecule has 3 aliphatic rings. The predicted octanol–water partition coefficient (Wildman–Crippen LogP) is 10.2. The van der Waals surface area contributed by atoms with Crippen molar-refractivity contribution in [1.82, 2.24) is 0 Å². The maximum atomic E-state index is 7.13. The van der Waals surface area contributed by atoms with Crippen LogP contribution >= 0.6 is 46.4 Å². The number of rotatable bonds is 8. The quantitative estimate of drug-likeness (QED) is 0.108. The number of hydrogen-bond acceptors (Lipinski definition) is 2. The van der Waals surface area contributed by atoms with E-state index in [9.17, 15) is 0 Å². The highest BCUT2D eigenvalue weighted by molar-refractivity contribution is 6.52. The lowest BCUT2D eigenvalue weighted by Crippen LogP contribution is -2.32. The van der Waals surface area contributed by atoms with Gasteiger partial charge in [0.2, 0.25) is 0 Å². The molecular formula is C36H39Cl4NO. The molecule has 3 heterocycles. The summed E-state index contributed by atoms with van der Waals surface area (Å²) in [5.41, 5.74) is 9.51. The fourth-order valence-corrected chi connectivity index (χ4v) is 8.01. The molecule has 0 spiro atoms. The third-order valence-electron chi connectivity index (χ3n) is 9.26. The molecule has 0 fully saturated rings. The molecule has 3 aliphatic heterocycles. The van der Waals surface area contributed by atoms with Gasteiger partial charge in [-0.25, -0.2) is 0 Å². The van der Waals surface area contributed by atoms with Crippen molar-refractivity contribution in [1.29, 1.82) is 0 Å². The van der Waals surface area contributed by atoms with E-state index in [0.29, 0.717) is 10.0 Å². The van der Waals surface area contributed by atoms with Crippen LogP contribution in [0.2, 0.25) is 20.1 Å². The predicted molar refractivity (Wildman–Crippen MR) is 181 cm³/mol. The Morgan fingerprint density at radius 1 is 0.786 bits per heavy atom. The van der Waals surface area contributed by atoms with Gasteiger partial charge < -0.3 is 9.64 Å². The number of aryl methyl sites for hydroxylation is 2. The standard InChI is InChI=1S/C36H39Cl4NO/c1-4-6-8-12-22-18-27-30(26-20-29(37)32(39)33(40)31(26)38)28-19-23-13-9-10-16-41-17-11-15-25(34(23)41)36(28)42-35(27)24(21(22)3)14-7-5-2/h18-20H,3-17H2,1-2H3. The van der Waals surface area contributed by atoms with E-state index in [2.05, 4.69) is 37.5 Å². The van der Waals surface area contributed by atoms with Crippen molar-refractivity contribution in [3.8, 4) is 11.5 Å². The Hall–Kier alpha value is -1.84. The van der Waals surface area contributed by atoms with E-state index >= 15 is 0 Å². The second-order valence-corrected chi connectivity index (χ2v) is 13.6. The van der Waals surface area contributed by atoms with E-state index in [-0.39, 0.29) is 10.0 Å². The Kier molecular flexibility index (Phi) is 9.09. The third-order valence-corrected chi connectivity index (χ3v) is 11.0. The Balaban J connectivity index is 1.74. The monoisotopic (exact) mass is 641 g/mol. The summed E-state index contributed by atoms with van der Waals surface area (Å²) < 4.78 is 7.13. The van der Waals surface area contributed by atoms with Gasteiger partial charge in [0.05, 0.1) is 20.1 Å².